The topological polar surface area (TPSA) is 9.23 Å². The van der Waals surface area contributed by atoms with E-state index in [2.05, 4.69) is 11.7 Å². The van der Waals surface area contributed by atoms with Crippen LogP contribution in [0, 0.1) is 34.9 Å². The average molecular weight is 687 g/mol. The maximum absolute atomic E-state index is 15.1. The molecule has 0 unspecified atom stereocenters. The molecule has 0 amide bonds. The van der Waals surface area contributed by atoms with Gasteiger partial charge in [-0.1, -0.05) is 67.8 Å². The molecule has 0 radical (unpaired) electrons. The highest BCUT2D eigenvalue weighted by Gasteiger charge is 2.29. The third-order valence-corrected chi connectivity index (χ3v) is 8.01. The average Bonchev–Trinajstić information content (AvgIpc) is 3.03. The Morgan fingerprint density at radius 2 is 1.12 bits per heavy atom. The van der Waals surface area contributed by atoms with E-state index in [0.717, 1.165) is 67.6 Å². The zero-order valence-corrected chi connectivity index (χ0v) is 26.1. The Hall–Kier alpha value is -4.63. The van der Waals surface area contributed by atoms with Crippen molar-refractivity contribution < 1.29 is 39.9 Å². The van der Waals surface area contributed by atoms with E-state index in [1.54, 1.807) is 6.07 Å². The van der Waals surface area contributed by atoms with Gasteiger partial charge >= 0.3 is 6.11 Å². The molecule has 0 saturated heterocycles. The SMILES string of the molecule is CCCCCc1ccc(-c2ccc(-c3cc(F)c(/C=C/C(F)(F)Oc4ccc(-c5cc(F)c(Cl)c(F)c5)c(F)c4)c(F)c3)c(F)c2)cc1. The summed E-state index contributed by atoms with van der Waals surface area (Å²) < 4.78 is 121. The highest BCUT2D eigenvalue weighted by atomic mass is 35.5. The van der Waals surface area contributed by atoms with Gasteiger partial charge in [0.05, 0.1) is 0 Å². The minimum absolute atomic E-state index is 0.0639. The number of halogens is 9. The van der Waals surface area contributed by atoms with Crippen LogP contribution in [0.1, 0.15) is 37.3 Å². The lowest BCUT2D eigenvalue weighted by atomic mass is 9.97. The molecule has 5 aromatic carbocycles. The largest absolute Gasteiger partial charge is 0.429 e. The molecule has 5 aromatic rings. The molecule has 248 valence electrons. The van der Waals surface area contributed by atoms with Crippen molar-refractivity contribution in [2.75, 3.05) is 0 Å². The van der Waals surface area contributed by atoms with Crippen LogP contribution < -0.4 is 4.74 Å². The Balaban J connectivity index is 1.30. The number of ether oxygens (including phenoxy) is 1. The summed E-state index contributed by atoms with van der Waals surface area (Å²) in [7, 11) is 0. The molecule has 0 N–H and O–H groups in total. The first-order valence-corrected chi connectivity index (χ1v) is 15.3. The van der Waals surface area contributed by atoms with E-state index in [1.165, 1.54) is 17.7 Å². The number of benzene rings is 5. The number of rotatable bonds is 11. The number of alkyl halides is 2. The van der Waals surface area contributed by atoms with Crippen LogP contribution in [0.2, 0.25) is 5.02 Å². The van der Waals surface area contributed by atoms with Crippen LogP contribution >= 0.6 is 11.6 Å². The van der Waals surface area contributed by atoms with Gasteiger partial charge in [-0.2, -0.15) is 8.78 Å². The Bertz CT molecular complexity index is 1930. The summed E-state index contributed by atoms with van der Waals surface area (Å²) in [6, 6.07) is 17.6. The third-order valence-electron chi connectivity index (χ3n) is 7.65. The first-order chi connectivity index (χ1) is 22.8. The fourth-order valence-electron chi connectivity index (χ4n) is 5.15. The van der Waals surface area contributed by atoms with E-state index in [-0.39, 0.29) is 28.3 Å². The van der Waals surface area contributed by atoms with E-state index < -0.39 is 57.3 Å². The van der Waals surface area contributed by atoms with Gasteiger partial charge in [-0.3, -0.25) is 0 Å². The molecule has 0 atom stereocenters. The van der Waals surface area contributed by atoms with Crippen molar-refractivity contribution in [3.05, 3.63) is 142 Å². The molecule has 0 aliphatic rings. The van der Waals surface area contributed by atoms with Gasteiger partial charge < -0.3 is 4.74 Å². The van der Waals surface area contributed by atoms with Gasteiger partial charge in [0.25, 0.3) is 0 Å². The summed E-state index contributed by atoms with van der Waals surface area (Å²) in [6.45, 7) is 2.13. The quantitative estimate of drug-likeness (QED) is 0.0763. The second-order valence-electron chi connectivity index (χ2n) is 11.1. The molecular formula is C38H27ClF8O. The van der Waals surface area contributed by atoms with Crippen molar-refractivity contribution in [3.8, 4) is 39.1 Å². The van der Waals surface area contributed by atoms with Crippen molar-refractivity contribution in [2.24, 2.45) is 0 Å². The molecule has 0 saturated carbocycles. The summed E-state index contributed by atoms with van der Waals surface area (Å²) >= 11 is 5.44. The first kappa shape index (κ1) is 34.7. The van der Waals surface area contributed by atoms with Gasteiger partial charge in [0.2, 0.25) is 0 Å². The van der Waals surface area contributed by atoms with Crippen LogP contribution in [0.5, 0.6) is 5.75 Å². The van der Waals surface area contributed by atoms with Gasteiger partial charge in [-0.05, 0) is 89.2 Å². The highest BCUT2D eigenvalue weighted by Crippen LogP contribution is 2.34. The predicted molar refractivity (Wildman–Crippen MR) is 172 cm³/mol. The molecule has 5 rings (SSSR count). The lowest BCUT2D eigenvalue weighted by Crippen LogP contribution is -2.21. The monoisotopic (exact) mass is 686 g/mol. The van der Waals surface area contributed by atoms with E-state index in [9.17, 15) is 30.7 Å². The molecular weight excluding hydrogens is 660 g/mol. The number of hydrogen-bond acceptors (Lipinski definition) is 1. The molecule has 0 aliphatic heterocycles. The fraction of sp³-hybridized carbons (Fsp3) is 0.158. The minimum Gasteiger partial charge on any atom is -0.429 e. The Labute approximate surface area is 277 Å². The van der Waals surface area contributed by atoms with E-state index in [1.807, 2.05) is 24.3 Å². The van der Waals surface area contributed by atoms with Crippen LogP contribution in [0.4, 0.5) is 35.1 Å². The zero-order chi connectivity index (χ0) is 34.6. The van der Waals surface area contributed by atoms with Crippen LogP contribution in [0.15, 0.2) is 91.0 Å². The predicted octanol–water partition coefficient (Wildman–Crippen LogP) is 12.6. The van der Waals surface area contributed by atoms with E-state index >= 15 is 4.39 Å². The first-order valence-electron chi connectivity index (χ1n) is 14.9. The molecule has 10 heteroatoms. The maximum atomic E-state index is 15.1. The van der Waals surface area contributed by atoms with E-state index in [0.29, 0.717) is 17.7 Å². The van der Waals surface area contributed by atoms with Crippen molar-refractivity contribution in [2.45, 2.75) is 38.7 Å². The molecule has 0 bridgehead atoms. The lowest BCUT2D eigenvalue weighted by molar-refractivity contribution is -0.131. The molecule has 48 heavy (non-hydrogen) atoms. The summed E-state index contributed by atoms with van der Waals surface area (Å²) in [5, 5.41) is -0.788. The van der Waals surface area contributed by atoms with Gasteiger partial charge in [-0.15, -0.1) is 0 Å². The standard InChI is InChI=1S/C38H27ClF8O/c1-2-3-4-5-22-6-8-23(9-7-22)24-10-12-28(31(40)16-24)25-17-32(41)30(33(42)18-25)14-15-38(46,47)48-27-11-13-29(34(43)21-27)26-19-35(44)37(39)36(45)20-26/h6-21H,2-5H2,1H3/b15-14+. The normalized spacial score (nSPS) is 11.8. The number of hydrogen-bond donors (Lipinski definition) is 0. The van der Waals surface area contributed by atoms with Crippen molar-refractivity contribution in [3.63, 3.8) is 0 Å². The lowest BCUT2D eigenvalue weighted by Gasteiger charge is -2.15. The molecule has 1 nitrogen and oxygen atoms in total. The van der Waals surface area contributed by atoms with Gasteiger partial charge in [0.1, 0.15) is 45.7 Å². The Kier molecular flexibility index (Phi) is 10.6. The van der Waals surface area contributed by atoms with Gasteiger partial charge in [0.15, 0.2) is 0 Å². The second-order valence-corrected chi connectivity index (χ2v) is 11.5. The highest BCUT2D eigenvalue weighted by molar-refractivity contribution is 6.31. The summed E-state index contributed by atoms with van der Waals surface area (Å²) in [5.74, 6) is -7.32. The smallest absolute Gasteiger partial charge is 0.419 e. The Morgan fingerprint density at radius 3 is 1.69 bits per heavy atom. The fourth-order valence-corrected chi connectivity index (χ4v) is 5.26. The van der Waals surface area contributed by atoms with Crippen molar-refractivity contribution >= 4 is 17.7 Å². The summed E-state index contributed by atoms with van der Waals surface area (Å²) in [6.07, 6.45) is 0.621. The number of aryl methyl sites for hydroxylation is 1. The van der Waals surface area contributed by atoms with Crippen LogP contribution in [0.25, 0.3) is 39.5 Å². The molecule has 0 fully saturated rings. The summed E-state index contributed by atoms with van der Waals surface area (Å²) in [5.41, 5.74) is 0.877. The summed E-state index contributed by atoms with van der Waals surface area (Å²) in [4.78, 5) is 0. The third kappa shape index (κ3) is 8.08. The minimum atomic E-state index is -4.17. The second kappa shape index (κ2) is 14.6. The Morgan fingerprint density at radius 1 is 0.604 bits per heavy atom. The van der Waals surface area contributed by atoms with Crippen molar-refractivity contribution in [1.29, 1.82) is 0 Å². The molecule has 0 heterocycles. The number of unbranched alkanes of at least 4 members (excludes halogenated alkanes) is 2. The van der Waals surface area contributed by atoms with E-state index in [4.69, 9.17) is 11.6 Å². The van der Waals surface area contributed by atoms with Crippen LogP contribution in [-0.2, 0) is 6.42 Å². The molecule has 0 aromatic heterocycles. The van der Waals surface area contributed by atoms with Gasteiger partial charge in [0, 0.05) is 28.8 Å². The van der Waals surface area contributed by atoms with Crippen LogP contribution in [0.3, 0.4) is 0 Å². The van der Waals surface area contributed by atoms with Crippen LogP contribution in [-0.4, -0.2) is 6.11 Å². The maximum Gasteiger partial charge on any atom is 0.419 e. The molecule has 0 spiro atoms. The molecule has 0 aliphatic carbocycles. The van der Waals surface area contributed by atoms with Gasteiger partial charge in [-0.25, -0.2) is 26.3 Å². The zero-order valence-electron chi connectivity index (χ0n) is 25.4. The van der Waals surface area contributed by atoms with Crippen molar-refractivity contribution in [1.82, 2.24) is 0 Å².